The molecular weight excluding hydrogens is 234 g/mol. The Morgan fingerprint density at radius 3 is 2.68 bits per heavy atom. The second-order valence-corrected chi connectivity index (χ2v) is 6.74. The number of nitrogens with one attached hydrogen (secondary N) is 1. The van der Waals surface area contributed by atoms with Crippen molar-refractivity contribution in [2.45, 2.75) is 65.5 Å². The van der Waals surface area contributed by atoms with Crippen molar-refractivity contribution in [1.29, 1.82) is 0 Å². The van der Waals surface area contributed by atoms with Gasteiger partial charge in [-0.3, -0.25) is 0 Å². The van der Waals surface area contributed by atoms with Crippen LogP contribution in [0, 0.1) is 12.3 Å². The summed E-state index contributed by atoms with van der Waals surface area (Å²) in [5, 5.41) is 13.8. The Kier molecular flexibility index (Phi) is 4.19. The van der Waals surface area contributed by atoms with Crippen LogP contribution in [0.3, 0.4) is 0 Å². The van der Waals surface area contributed by atoms with Crippen molar-refractivity contribution in [3.8, 4) is 5.75 Å². The lowest BCUT2D eigenvalue weighted by molar-refractivity contribution is 0.157. The summed E-state index contributed by atoms with van der Waals surface area (Å²) in [6, 6.07) is 6.69. The molecule has 19 heavy (non-hydrogen) atoms. The number of hydrogen-bond donors (Lipinski definition) is 2. The Morgan fingerprint density at radius 2 is 2.05 bits per heavy atom. The molecule has 0 spiro atoms. The zero-order valence-corrected chi connectivity index (χ0v) is 12.7. The van der Waals surface area contributed by atoms with Gasteiger partial charge in [0.25, 0.3) is 0 Å². The highest BCUT2D eigenvalue weighted by molar-refractivity contribution is 5.37. The number of hydrogen-bond acceptors (Lipinski definition) is 2. The molecule has 1 aliphatic carbocycles. The van der Waals surface area contributed by atoms with E-state index in [-0.39, 0.29) is 6.04 Å². The van der Waals surface area contributed by atoms with Gasteiger partial charge in [0.05, 0.1) is 0 Å². The minimum Gasteiger partial charge on any atom is -0.508 e. The SMILES string of the molecule is Cc1ccc(C(C)NC2CCCCC2(C)C)c(O)c1. The maximum atomic E-state index is 10.1. The second kappa shape index (κ2) is 5.54. The van der Waals surface area contributed by atoms with E-state index in [9.17, 15) is 5.11 Å². The van der Waals surface area contributed by atoms with Crippen LogP contribution in [0.15, 0.2) is 18.2 Å². The van der Waals surface area contributed by atoms with Crippen LogP contribution >= 0.6 is 0 Å². The molecule has 2 nitrogen and oxygen atoms in total. The molecule has 1 saturated carbocycles. The fourth-order valence-electron chi connectivity index (χ4n) is 3.21. The predicted octanol–water partition coefficient (Wildman–Crippen LogP) is 4.32. The molecule has 2 unspecified atom stereocenters. The quantitative estimate of drug-likeness (QED) is 0.849. The molecule has 2 rings (SSSR count). The van der Waals surface area contributed by atoms with E-state index in [0.717, 1.165) is 11.1 Å². The van der Waals surface area contributed by atoms with E-state index in [2.05, 4.69) is 32.2 Å². The van der Waals surface area contributed by atoms with Crippen LogP contribution in [0.1, 0.15) is 63.6 Å². The fraction of sp³-hybridized carbons (Fsp3) is 0.647. The molecule has 1 aliphatic rings. The lowest BCUT2D eigenvalue weighted by atomic mass is 9.73. The summed E-state index contributed by atoms with van der Waals surface area (Å²) in [5.41, 5.74) is 2.46. The largest absolute Gasteiger partial charge is 0.508 e. The van der Waals surface area contributed by atoms with Gasteiger partial charge in [-0.1, -0.05) is 38.8 Å². The molecule has 1 aromatic carbocycles. The Morgan fingerprint density at radius 1 is 1.32 bits per heavy atom. The first-order valence-corrected chi connectivity index (χ1v) is 7.46. The normalized spacial score (nSPS) is 24.1. The third kappa shape index (κ3) is 3.30. The minimum absolute atomic E-state index is 0.197. The van der Waals surface area contributed by atoms with Gasteiger partial charge in [-0.25, -0.2) is 0 Å². The van der Waals surface area contributed by atoms with E-state index in [1.165, 1.54) is 25.7 Å². The molecule has 0 amide bonds. The first-order valence-electron chi connectivity index (χ1n) is 7.46. The Hall–Kier alpha value is -1.02. The first kappa shape index (κ1) is 14.4. The van der Waals surface area contributed by atoms with Crippen molar-refractivity contribution in [1.82, 2.24) is 5.32 Å². The zero-order chi connectivity index (χ0) is 14.0. The zero-order valence-electron chi connectivity index (χ0n) is 12.7. The van der Waals surface area contributed by atoms with Crippen molar-refractivity contribution in [2.24, 2.45) is 5.41 Å². The van der Waals surface area contributed by atoms with E-state index in [4.69, 9.17) is 0 Å². The molecule has 106 valence electrons. The van der Waals surface area contributed by atoms with Crippen LogP contribution in [-0.2, 0) is 0 Å². The Labute approximate surface area is 117 Å². The van der Waals surface area contributed by atoms with Crippen LogP contribution in [0.5, 0.6) is 5.75 Å². The van der Waals surface area contributed by atoms with Crippen molar-refractivity contribution in [2.75, 3.05) is 0 Å². The fourth-order valence-corrected chi connectivity index (χ4v) is 3.21. The van der Waals surface area contributed by atoms with Crippen LogP contribution in [-0.4, -0.2) is 11.1 Å². The average Bonchev–Trinajstić information content (AvgIpc) is 2.31. The molecule has 0 aliphatic heterocycles. The molecule has 1 fully saturated rings. The summed E-state index contributed by atoms with van der Waals surface area (Å²) in [4.78, 5) is 0. The van der Waals surface area contributed by atoms with Gasteiger partial charge < -0.3 is 10.4 Å². The topological polar surface area (TPSA) is 32.3 Å². The monoisotopic (exact) mass is 261 g/mol. The van der Waals surface area contributed by atoms with Crippen molar-refractivity contribution < 1.29 is 5.11 Å². The van der Waals surface area contributed by atoms with Gasteiger partial charge in [0.2, 0.25) is 0 Å². The summed E-state index contributed by atoms with van der Waals surface area (Å²) < 4.78 is 0. The number of phenolic OH excluding ortho intramolecular Hbond substituents is 1. The van der Waals surface area contributed by atoms with Crippen LogP contribution in [0.4, 0.5) is 0 Å². The number of phenols is 1. The van der Waals surface area contributed by atoms with Crippen LogP contribution < -0.4 is 5.32 Å². The highest BCUT2D eigenvalue weighted by Crippen LogP contribution is 2.37. The maximum absolute atomic E-state index is 10.1. The standard InChI is InChI=1S/C17H27NO/c1-12-8-9-14(15(19)11-12)13(2)18-16-7-5-6-10-17(16,3)4/h8-9,11,13,16,18-19H,5-7,10H2,1-4H3. The maximum Gasteiger partial charge on any atom is 0.120 e. The van der Waals surface area contributed by atoms with Gasteiger partial charge in [0.1, 0.15) is 5.75 Å². The Balaban J connectivity index is 2.09. The van der Waals surface area contributed by atoms with Crippen molar-refractivity contribution in [3.63, 3.8) is 0 Å². The minimum atomic E-state index is 0.197. The third-order valence-corrected chi connectivity index (χ3v) is 4.61. The summed E-state index contributed by atoms with van der Waals surface area (Å²) in [6.07, 6.45) is 5.18. The van der Waals surface area contributed by atoms with Crippen molar-refractivity contribution in [3.05, 3.63) is 29.3 Å². The predicted molar refractivity (Wildman–Crippen MR) is 80.4 cm³/mol. The summed E-state index contributed by atoms with van der Waals surface area (Å²) in [6.45, 7) is 8.86. The molecule has 0 bridgehead atoms. The number of benzene rings is 1. The first-order chi connectivity index (χ1) is 8.90. The van der Waals surface area contributed by atoms with E-state index in [1.807, 2.05) is 19.1 Å². The Bertz CT molecular complexity index is 439. The molecule has 0 heterocycles. The number of aryl methyl sites for hydroxylation is 1. The second-order valence-electron chi connectivity index (χ2n) is 6.74. The van der Waals surface area contributed by atoms with E-state index in [0.29, 0.717) is 17.2 Å². The summed E-state index contributed by atoms with van der Waals surface area (Å²) in [5.74, 6) is 0.411. The highest BCUT2D eigenvalue weighted by Gasteiger charge is 2.33. The van der Waals surface area contributed by atoms with Gasteiger partial charge in [-0.05, 0) is 43.7 Å². The number of aromatic hydroxyl groups is 1. The smallest absolute Gasteiger partial charge is 0.120 e. The molecule has 1 aromatic rings. The summed E-state index contributed by atoms with van der Waals surface area (Å²) in [7, 11) is 0. The van der Waals surface area contributed by atoms with Crippen molar-refractivity contribution >= 4 is 0 Å². The molecule has 2 N–H and O–H groups in total. The summed E-state index contributed by atoms with van der Waals surface area (Å²) >= 11 is 0. The van der Waals surface area contributed by atoms with E-state index >= 15 is 0 Å². The van der Waals surface area contributed by atoms with Gasteiger partial charge in [0.15, 0.2) is 0 Å². The average molecular weight is 261 g/mol. The molecule has 0 aromatic heterocycles. The van der Waals surface area contributed by atoms with E-state index in [1.54, 1.807) is 0 Å². The van der Waals surface area contributed by atoms with Gasteiger partial charge in [-0.15, -0.1) is 0 Å². The molecule has 2 heteroatoms. The van der Waals surface area contributed by atoms with Gasteiger partial charge in [0, 0.05) is 17.6 Å². The number of rotatable bonds is 3. The lowest BCUT2D eigenvalue weighted by Crippen LogP contribution is -2.45. The highest BCUT2D eigenvalue weighted by atomic mass is 16.3. The van der Waals surface area contributed by atoms with E-state index < -0.39 is 0 Å². The molecule has 2 atom stereocenters. The van der Waals surface area contributed by atoms with Crippen LogP contribution in [0.2, 0.25) is 0 Å². The third-order valence-electron chi connectivity index (χ3n) is 4.61. The lowest BCUT2D eigenvalue weighted by Gasteiger charge is -2.41. The molecule has 0 saturated heterocycles. The van der Waals surface area contributed by atoms with Gasteiger partial charge >= 0.3 is 0 Å². The van der Waals surface area contributed by atoms with Crippen LogP contribution in [0.25, 0.3) is 0 Å². The van der Waals surface area contributed by atoms with Gasteiger partial charge in [-0.2, -0.15) is 0 Å². The molecule has 0 radical (unpaired) electrons. The molecular formula is C17H27NO.